The number of para-hydroxylation sites is 1. The van der Waals surface area contributed by atoms with Crippen LogP contribution in [0.25, 0.3) is 0 Å². The van der Waals surface area contributed by atoms with Gasteiger partial charge < -0.3 is 5.32 Å². The van der Waals surface area contributed by atoms with Crippen LogP contribution >= 0.6 is 0 Å². The Hall–Kier alpha value is -2.21. The van der Waals surface area contributed by atoms with E-state index in [2.05, 4.69) is 5.32 Å². The van der Waals surface area contributed by atoms with Gasteiger partial charge in [0.2, 0.25) is 5.91 Å². The molecule has 0 saturated carbocycles. The van der Waals surface area contributed by atoms with Gasteiger partial charge in [-0.15, -0.1) is 0 Å². The van der Waals surface area contributed by atoms with Crippen molar-refractivity contribution in [2.75, 3.05) is 5.32 Å². The van der Waals surface area contributed by atoms with E-state index in [1.165, 1.54) is 25.1 Å². The van der Waals surface area contributed by atoms with Gasteiger partial charge in [-0.25, -0.2) is 12.8 Å². The van der Waals surface area contributed by atoms with Crippen molar-refractivity contribution in [2.45, 2.75) is 17.9 Å². The number of hydrogen-bond donors (Lipinski definition) is 1. The van der Waals surface area contributed by atoms with Crippen molar-refractivity contribution in [3.05, 3.63) is 66.0 Å². The summed E-state index contributed by atoms with van der Waals surface area (Å²) in [6.07, 6.45) is 0. The summed E-state index contributed by atoms with van der Waals surface area (Å²) < 4.78 is 38.1. The standard InChI is InChI=1S/C16H16FNO3S/c1-12(16(19)18-14-8-3-2-4-9-14)22(20,21)11-13-7-5-6-10-15(13)17/h2-10,12H,11H2,1H3,(H,18,19). The minimum absolute atomic E-state index is 0.0573. The predicted octanol–water partition coefficient (Wildman–Crippen LogP) is 2.77. The molecule has 2 aromatic carbocycles. The van der Waals surface area contributed by atoms with Crippen LogP contribution < -0.4 is 5.32 Å². The molecule has 0 heterocycles. The average molecular weight is 321 g/mol. The first-order valence-corrected chi connectivity index (χ1v) is 8.42. The summed E-state index contributed by atoms with van der Waals surface area (Å²) >= 11 is 0. The van der Waals surface area contributed by atoms with Crippen LogP contribution in [0.3, 0.4) is 0 Å². The van der Waals surface area contributed by atoms with Gasteiger partial charge in [0.1, 0.15) is 11.1 Å². The molecule has 116 valence electrons. The van der Waals surface area contributed by atoms with Crippen molar-refractivity contribution in [3.8, 4) is 0 Å². The third kappa shape index (κ3) is 3.92. The average Bonchev–Trinajstić information content (AvgIpc) is 2.49. The van der Waals surface area contributed by atoms with Crippen LogP contribution in [0.1, 0.15) is 12.5 Å². The fourth-order valence-corrected chi connectivity index (χ4v) is 3.19. The van der Waals surface area contributed by atoms with E-state index in [4.69, 9.17) is 0 Å². The van der Waals surface area contributed by atoms with Crippen LogP contribution in [0, 0.1) is 5.82 Å². The third-order valence-electron chi connectivity index (χ3n) is 3.26. The Morgan fingerprint density at radius 3 is 2.32 bits per heavy atom. The van der Waals surface area contributed by atoms with Crippen molar-refractivity contribution >= 4 is 21.4 Å². The van der Waals surface area contributed by atoms with Crippen LogP contribution in [0.4, 0.5) is 10.1 Å². The first-order valence-electron chi connectivity index (χ1n) is 6.71. The number of carbonyl (C=O) groups excluding carboxylic acids is 1. The second-order valence-electron chi connectivity index (χ2n) is 4.90. The highest BCUT2D eigenvalue weighted by Crippen LogP contribution is 2.16. The van der Waals surface area contributed by atoms with E-state index in [0.29, 0.717) is 5.69 Å². The Balaban J connectivity index is 2.12. The number of hydrogen-bond acceptors (Lipinski definition) is 3. The summed E-state index contributed by atoms with van der Waals surface area (Å²) in [4.78, 5) is 12.1. The quantitative estimate of drug-likeness (QED) is 0.921. The third-order valence-corrected chi connectivity index (χ3v) is 5.27. The van der Waals surface area contributed by atoms with Crippen molar-refractivity contribution < 1.29 is 17.6 Å². The SMILES string of the molecule is CC(C(=O)Nc1ccccc1)S(=O)(=O)Cc1ccccc1F. The Morgan fingerprint density at radius 1 is 1.09 bits per heavy atom. The summed E-state index contributed by atoms with van der Waals surface area (Å²) in [5.74, 6) is -1.74. The molecule has 0 radical (unpaired) electrons. The van der Waals surface area contributed by atoms with E-state index < -0.39 is 32.6 Å². The number of nitrogens with one attached hydrogen (secondary N) is 1. The Kier molecular flexibility index (Phi) is 4.92. The normalized spacial score (nSPS) is 12.6. The molecule has 0 spiro atoms. The second-order valence-corrected chi connectivity index (χ2v) is 7.22. The molecule has 0 bridgehead atoms. The fourth-order valence-electron chi connectivity index (χ4n) is 1.89. The van der Waals surface area contributed by atoms with E-state index in [0.717, 1.165) is 0 Å². The van der Waals surface area contributed by atoms with Gasteiger partial charge in [-0.2, -0.15) is 0 Å². The highest BCUT2D eigenvalue weighted by Gasteiger charge is 2.29. The molecule has 2 rings (SSSR count). The van der Waals surface area contributed by atoms with E-state index in [-0.39, 0.29) is 5.56 Å². The van der Waals surface area contributed by atoms with Gasteiger partial charge in [-0.3, -0.25) is 4.79 Å². The van der Waals surface area contributed by atoms with Crippen LogP contribution in [-0.4, -0.2) is 19.6 Å². The maximum absolute atomic E-state index is 13.6. The molecule has 1 unspecified atom stereocenters. The van der Waals surface area contributed by atoms with Gasteiger partial charge in [0.05, 0.1) is 5.75 Å². The number of carbonyl (C=O) groups is 1. The first-order chi connectivity index (χ1) is 10.4. The largest absolute Gasteiger partial charge is 0.325 e. The van der Waals surface area contributed by atoms with Crippen LogP contribution in [0.15, 0.2) is 54.6 Å². The topological polar surface area (TPSA) is 63.2 Å². The lowest BCUT2D eigenvalue weighted by Crippen LogP contribution is -2.33. The molecule has 22 heavy (non-hydrogen) atoms. The molecule has 0 aliphatic carbocycles. The minimum Gasteiger partial charge on any atom is -0.325 e. The number of anilines is 1. The number of benzene rings is 2. The van der Waals surface area contributed by atoms with Crippen molar-refractivity contribution in [3.63, 3.8) is 0 Å². The number of amides is 1. The van der Waals surface area contributed by atoms with Crippen LogP contribution in [0.5, 0.6) is 0 Å². The predicted molar refractivity (Wildman–Crippen MR) is 83.6 cm³/mol. The summed E-state index contributed by atoms with van der Waals surface area (Å²) in [5, 5.41) is 1.27. The summed E-state index contributed by atoms with van der Waals surface area (Å²) in [6.45, 7) is 1.30. The zero-order valence-electron chi connectivity index (χ0n) is 12.0. The molecule has 0 saturated heterocycles. The van der Waals surface area contributed by atoms with Crippen LogP contribution in [-0.2, 0) is 20.4 Å². The Bertz CT molecular complexity index is 760. The molecular formula is C16H16FNO3S. The molecule has 1 amide bonds. The van der Waals surface area contributed by atoms with Gasteiger partial charge in [0.15, 0.2) is 9.84 Å². The van der Waals surface area contributed by atoms with E-state index in [1.807, 2.05) is 0 Å². The molecular weight excluding hydrogens is 305 g/mol. The van der Waals surface area contributed by atoms with E-state index in [9.17, 15) is 17.6 Å². The molecule has 2 aromatic rings. The number of sulfone groups is 1. The van der Waals surface area contributed by atoms with Gasteiger partial charge in [0, 0.05) is 11.3 Å². The lowest BCUT2D eigenvalue weighted by Gasteiger charge is -2.13. The van der Waals surface area contributed by atoms with E-state index in [1.54, 1.807) is 36.4 Å². The molecule has 6 heteroatoms. The molecule has 4 nitrogen and oxygen atoms in total. The molecule has 0 aliphatic rings. The lowest BCUT2D eigenvalue weighted by atomic mass is 10.2. The van der Waals surface area contributed by atoms with Crippen molar-refractivity contribution in [2.24, 2.45) is 0 Å². The molecule has 0 aliphatic heterocycles. The maximum Gasteiger partial charge on any atom is 0.242 e. The van der Waals surface area contributed by atoms with Crippen molar-refractivity contribution in [1.29, 1.82) is 0 Å². The number of rotatable bonds is 5. The highest BCUT2D eigenvalue weighted by atomic mass is 32.2. The van der Waals surface area contributed by atoms with Crippen LogP contribution in [0.2, 0.25) is 0 Å². The zero-order chi connectivity index (χ0) is 16.2. The Morgan fingerprint density at radius 2 is 1.68 bits per heavy atom. The van der Waals surface area contributed by atoms with Crippen molar-refractivity contribution in [1.82, 2.24) is 0 Å². The highest BCUT2D eigenvalue weighted by molar-refractivity contribution is 7.92. The summed E-state index contributed by atoms with van der Waals surface area (Å²) in [6, 6.07) is 14.2. The molecule has 0 aromatic heterocycles. The molecule has 1 N–H and O–H groups in total. The van der Waals surface area contributed by atoms with Gasteiger partial charge in [0.25, 0.3) is 0 Å². The molecule has 1 atom stereocenters. The Labute approximate surface area is 128 Å². The first kappa shape index (κ1) is 16.2. The lowest BCUT2D eigenvalue weighted by molar-refractivity contribution is -0.115. The number of halogens is 1. The van der Waals surface area contributed by atoms with E-state index >= 15 is 0 Å². The van der Waals surface area contributed by atoms with Gasteiger partial charge in [-0.1, -0.05) is 36.4 Å². The monoisotopic (exact) mass is 321 g/mol. The molecule has 0 fully saturated rings. The second kappa shape index (κ2) is 6.70. The van der Waals surface area contributed by atoms with Gasteiger partial charge in [-0.05, 0) is 25.1 Å². The summed E-state index contributed by atoms with van der Waals surface area (Å²) in [5.41, 5.74) is 0.572. The maximum atomic E-state index is 13.6. The summed E-state index contributed by atoms with van der Waals surface area (Å²) in [7, 11) is -3.81. The smallest absolute Gasteiger partial charge is 0.242 e. The minimum atomic E-state index is -3.81. The van der Waals surface area contributed by atoms with Gasteiger partial charge >= 0.3 is 0 Å². The fraction of sp³-hybridized carbons (Fsp3) is 0.188. The zero-order valence-corrected chi connectivity index (χ0v) is 12.8.